The van der Waals surface area contributed by atoms with Crippen LogP contribution in [0, 0.1) is 10.1 Å². The van der Waals surface area contributed by atoms with Crippen LogP contribution in [0.1, 0.15) is 10.5 Å². The first-order valence-corrected chi connectivity index (χ1v) is 5.55. The second kappa shape index (κ2) is 5.09. The van der Waals surface area contributed by atoms with Crippen molar-refractivity contribution in [1.82, 2.24) is 9.99 Å². The Morgan fingerprint density at radius 3 is 2.79 bits per heavy atom. The lowest BCUT2D eigenvalue weighted by Crippen LogP contribution is -2.31. The zero-order valence-corrected chi connectivity index (χ0v) is 10.3. The molecule has 0 spiro atoms. The van der Waals surface area contributed by atoms with Crippen molar-refractivity contribution in [2.45, 2.75) is 0 Å². The highest BCUT2D eigenvalue weighted by molar-refractivity contribution is 6.30. The molecule has 0 bridgehead atoms. The van der Waals surface area contributed by atoms with Crippen LogP contribution >= 0.6 is 11.6 Å². The first-order chi connectivity index (χ1) is 9.04. The van der Waals surface area contributed by atoms with Crippen LogP contribution in [0.4, 0.5) is 5.69 Å². The van der Waals surface area contributed by atoms with E-state index in [1.54, 1.807) is 6.07 Å². The number of aromatic nitrogens is 1. The van der Waals surface area contributed by atoms with Crippen molar-refractivity contribution in [3.05, 3.63) is 57.4 Å². The summed E-state index contributed by atoms with van der Waals surface area (Å²) in [7, 11) is 0. The summed E-state index contributed by atoms with van der Waals surface area (Å²) in [6.07, 6.45) is 1.52. The van der Waals surface area contributed by atoms with E-state index in [1.165, 1.54) is 35.0 Å². The maximum Gasteiger partial charge on any atom is 0.293 e. The summed E-state index contributed by atoms with van der Waals surface area (Å²) in [5.41, 5.74) is 2.19. The zero-order valence-electron chi connectivity index (χ0n) is 9.54. The molecular formula is C11H9ClN4O3. The summed E-state index contributed by atoms with van der Waals surface area (Å²) in [6, 6.07) is 7.17. The van der Waals surface area contributed by atoms with Crippen molar-refractivity contribution in [2.24, 2.45) is 5.84 Å². The van der Waals surface area contributed by atoms with E-state index in [2.05, 4.69) is 0 Å². The monoisotopic (exact) mass is 280 g/mol. The smallest absolute Gasteiger partial charge is 0.293 e. The summed E-state index contributed by atoms with van der Waals surface area (Å²) in [5, 5.41) is 11.3. The number of nitro benzene ring substituents is 1. The van der Waals surface area contributed by atoms with Crippen LogP contribution < -0.4 is 11.3 Å². The summed E-state index contributed by atoms with van der Waals surface area (Å²) >= 11 is 5.84. The molecule has 3 N–H and O–H groups in total. The molecule has 0 unspecified atom stereocenters. The van der Waals surface area contributed by atoms with Crippen LogP contribution in [-0.4, -0.2) is 15.4 Å². The number of hydrazine groups is 1. The van der Waals surface area contributed by atoms with Crippen molar-refractivity contribution in [2.75, 3.05) is 0 Å². The molecule has 7 nitrogen and oxygen atoms in total. The number of nitro groups is 1. The zero-order chi connectivity index (χ0) is 14.0. The second-order valence-electron chi connectivity index (χ2n) is 3.63. The molecule has 2 aromatic rings. The minimum Gasteiger partial charge on any atom is -0.306 e. The molecule has 0 aliphatic carbocycles. The molecule has 0 aliphatic rings. The molecule has 1 heterocycles. The highest BCUT2D eigenvalue weighted by Crippen LogP contribution is 2.27. The van der Waals surface area contributed by atoms with E-state index < -0.39 is 10.8 Å². The number of amides is 1. The van der Waals surface area contributed by atoms with Gasteiger partial charge in [-0.1, -0.05) is 11.6 Å². The number of halogens is 1. The predicted octanol–water partition coefficient (Wildman–Crippen LogP) is 1.64. The number of nitrogens with one attached hydrogen (secondary N) is 1. The Hall–Kier alpha value is -2.38. The summed E-state index contributed by atoms with van der Waals surface area (Å²) in [4.78, 5) is 22.0. The van der Waals surface area contributed by atoms with Crippen molar-refractivity contribution in [3.63, 3.8) is 0 Å². The summed E-state index contributed by atoms with van der Waals surface area (Å²) < 4.78 is 1.35. The second-order valence-corrected chi connectivity index (χ2v) is 4.06. The number of benzene rings is 1. The van der Waals surface area contributed by atoms with E-state index in [4.69, 9.17) is 17.4 Å². The van der Waals surface area contributed by atoms with Crippen molar-refractivity contribution in [1.29, 1.82) is 0 Å². The van der Waals surface area contributed by atoms with Gasteiger partial charge in [-0.3, -0.25) is 20.3 Å². The van der Waals surface area contributed by atoms with Gasteiger partial charge in [0, 0.05) is 17.3 Å². The quantitative estimate of drug-likeness (QED) is 0.386. The van der Waals surface area contributed by atoms with E-state index in [9.17, 15) is 14.9 Å². The highest BCUT2D eigenvalue weighted by atomic mass is 35.5. The SMILES string of the molecule is NNC(=O)c1cccn1-c1cc(Cl)ccc1[N+](=O)[O-]. The maximum absolute atomic E-state index is 11.6. The van der Waals surface area contributed by atoms with Gasteiger partial charge in [0.2, 0.25) is 0 Å². The lowest BCUT2D eigenvalue weighted by atomic mass is 10.2. The van der Waals surface area contributed by atoms with Crippen LogP contribution in [0.3, 0.4) is 0 Å². The molecule has 0 radical (unpaired) electrons. The molecule has 0 saturated carbocycles. The number of hydrogen-bond acceptors (Lipinski definition) is 4. The molecule has 0 fully saturated rings. The average molecular weight is 281 g/mol. The number of carbonyl (C=O) groups excluding carboxylic acids is 1. The topological polar surface area (TPSA) is 103 Å². The molecular weight excluding hydrogens is 272 g/mol. The first-order valence-electron chi connectivity index (χ1n) is 5.17. The van der Waals surface area contributed by atoms with Gasteiger partial charge in [0.25, 0.3) is 11.6 Å². The average Bonchev–Trinajstić information content (AvgIpc) is 2.86. The number of rotatable bonds is 3. The van der Waals surface area contributed by atoms with Gasteiger partial charge in [-0.25, -0.2) is 5.84 Å². The Balaban J connectivity index is 2.65. The molecule has 0 saturated heterocycles. The number of carbonyl (C=O) groups is 1. The maximum atomic E-state index is 11.6. The van der Waals surface area contributed by atoms with Crippen LogP contribution in [-0.2, 0) is 0 Å². The lowest BCUT2D eigenvalue weighted by Gasteiger charge is -2.09. The standard InChI is InChI=1S/C11H9ClN4O3/c12-7-3-4-8(16(18)19)10(6-7)15-5-1-2-9(15)11(17)14-13/h1-6H,13H2,(H,14,17). The minimum atomic E-state index is -0.556. The van der Waals surface area contributed by atoms with Gasteiger partial charge in [-0.05, 0) is 24.3 Å². The fourth-order valence-electron chi connectivity index (χ4n) is 1.69. The Morgan fingerprint density at radius 1 is 1.42 bits per heavy atom. The van der Waals surface area contributed by atoms with Crippen LogP contribution in [0.2, 0.25) is 5.02 Å². The minimum absolute atomic E-state index is 0.160. The Labute approximate surface area is 112 Å². The van der Waals surface area contributed by atoms with Gasteiger partial charge in [-0.15, -0.1) is 0 Å². The molecule has 1 amide bonds. The highest BCUT2D eigenvalue weighted by Gasteiger charge is 2.19. The van der Waals surface area contributed by atoms with E-state index in [1.807, 2.05) is 5.43 Å². The normalized spacial score (nSPS) is 10.2. The van der Waals surface area contributed by atoms with Gasteiger partial charge < -0.3 is 4.57 Å². The van der Waals surface area contributed by atoms with Gasteiger partial charge in [0.15, 0.2) is 0 Å². The van der Waals surface area contributed by atoms with Crippen LogP contribution in [0.15, 0.2) is 36.5 Å². The molecule has 98 valence electrons. The van der Waals surface area contributed by atoms with Gasteiger partial charge in [0.1, 0.15) is 11.4 Å². The van der Waals surface area contributed by atoms with Crippen molar-refractivity contribution >= 4 is 23.2 Å². The van der Waals surface area contributed by atoms with E-state index in [-0.39, 0.29) is 17.1 Å². The van der Waals surface area contributed by atoms with Crippen molar-refractivity contribution < 1.29 is 9.72 Å². The third-order valence-electron chi connectivity index (χ3n) is 2.51. The number of nitrogen functional groups attached to an aromatic ring is 1. The number of nitrogens with two attached hydrogens (primary N) is 1. The lowest BCUT2D eigenvalue weighted by molar-refractivity contribution is -0.384. The first kappa shape index (κ1) is 13.1. The van der Waals surface area contributed by atoms with Gasteiger partial charge in [0.05, 0.1) is 4.92 Å². The molecule has 1 aromatic heterocycles. The Morgan fingerprint density at radius 2 is 2.16 bits per heavy atom. The summed E-state index contributed by atoms with van der Waals surface area (Å²) in [6.45, 7) is 0. The number of nitrogens with zero attached hydrogens (tertiary/aromatic N) is 2. The van der Waals surface area contributed by atoms with E-state index >= 15 is 0 Å². The van der Waals surface area contributed by atoms with Gasteiger partial charge in [-0.2, -0.15) is 0 Å². The van der Waals surface area contributed by atoms with E-state index in [0.29, 0.717) is 5.02 Å². The van der Waals surface area contributed by atoms with Crippen LogP contribution in [0.5, 0.6) is 0 Å². The molecule has 19 heavy (non-hydrogen) atoms. The largest absolute Gasteiger partial charge is 0.306 e. The van der Waals surface area contributed by atoms with Crippen molar-refractivity contribution in [3.8, 4) is 5.69 Å². The third kappa shape index (κ3) is 2.42. The number of hydrogen-bond donors (Lipinski definition) is 2. The third-order valence-corrected chi connectivity index (χ3v) is 2.74. The fraction of sp³-hybridized carbons (Fsp3) is 0. The van der Waals surface area contributed by atoms with E-state index in [0.717, 1.165) is 0 Å². The molecule has 0 atom stereocenters. The Bertz CT molecular complexity index is 653. The molecule has 0 aliphatic heterocycles. The van der Waals surface area contributed by atoms with Crippen LogP contribution in [0.25, 0.3) is 5.69 Å². The fourth-order valence-corrected chi connectivity index (χ4v) is 1.86. The Kier molecular flexibility index (Phi) is 3.50. The molecule has 1 aromatic carbocycles. The molecule has 2 rings (SSSR count). The van der Waals surface area contributed by atoms with Gasteiger partial charge >= 0.3 is 0 Å². The molecule has 8 heteroatoms. The predicted molar refractivity (Wildman–Crippen MR) is 69.1 cm³/mol. The summed E-state index contributed by atoms with van der Waals surface area (Å²) in [5.74, 6) is 4.51.